The average molecular weight is 394 g/mol. The number of amides is 3. The number of carbonyl (C=O) groups excluding carboxylic acids is 3. The van der Waals surface area contributed by atoms with Crippen molar-refractivity contribution in [1.29, 1.82) is 0 Å². The topological polar surface area (TPSA) is 91.4 Å². The van der Waals surface area contributed by atoms with E-state index in [1.54, 1.807) is 24.5 Å². The molecule has 29 heavy (non-hydrogen) atoms. The maximum Gasteiger partial charge on any atom is 0.309 e. The van der Waals surface area contributed by atoms with Crippen molar-refractivity contribution >= 4 is 17.7 Å². The fourth-order valence-corrected chi connectivity index (χ4v) is 3.37. The maximum atomic E-state index is 12.4. The Kier molecular flexibility index (Phi) is 7.33. The Morgan fingerprint density at radius 3 is 2.38 bits per heavy atom. The first-order chi connectivity index (χ1) is 14.1. The molecular weight excluding hydrogens is 368 g/mol. The number of benzene rings is 1. The molecule has 0 bridgehead atoms. The van der Waals surface area contributed by atoms with Crippen LogP contribution in [-0.2, 0) is 16.0 Å². The molecule has 2 N–H and O–H groups in total. The standard InChI is InChI=1S/C22H26N4O3/c27-20(24-12-8-17-5-2-1-3-6-17)21(28)25-15-18-9-13-26(14-10-18)22(29)19-7-4-11-23-16-19/h1-7,11,16,18H,8-10,12-15H2,(H,24,27)(H,25,28). The molecule has 1 fully saturated rings. The molecule has 152 valence electrons. The number of hydrogen-bond donors (Lipinski definition) is 2. The number of likely N-dealkylation sites (tertiary alicyclic amines) is 1. The SMILES string of the molecule is O=C(NCCc1ccccc1)C(=O)NCC1CCN(C(=O)c2cccnc2)CC1. The molecule has 3 amide bonds. The first-order valence-corrected chi connectivity index (χ1v) is 9.92. The van der Waals surface area contributed by atoms with Crippen LogP contribution in [0, 0.1) is 5.92 Å². The minimum atomic E-state index is -0.606. The third-order valence-electron chi connectivity index (χ3n) is 5.11. The fourth-order valence-electron chi connectivity index (χ4n) is 3.37. The van der Waals surface area contributed by atoms with Gasteiger partial charge in [-0.3, -0.25) is 19.4 Å². The Hall–Kier alpha value is -3.22. The lowest BCUT2D eigenvalue weighted by Gasteiger charge is -2.32. The van der Waals surface area contributed by atoms with Crippen molar-refractivity contribution in [2.75, 3.05) is 26.2 Å². The summed E-state index contributed by atoms with van der Waals surface area (Å²) >= 11 is 0. The smallest absolute Gasteiger partial charge is 0.309 e. The van der Waals surface area contributed by atoms with Crippen molar-refractivity contribution in [3.63, 3.8) is 0 Å². The van der Waals surface area contributed by atoms with Gasteiger partial charge >= 0.3 is 11.8 Å². The van der Waals surface area contributed by atoms with Gasteiger partial charge in [-0.05, 0) is 42.9 Å². The van der Waals surface area contributed by atoms with Gasteiger partial charge < -0.3 is 15.5 Å². The van der Waals surface area contributed by atoms with Crippen molar-refractivity contribution in [2.45, 2.75) is 19.3 Å². The lowest BCUT2D eigenvalue weighted by molar-refractivity contribution is -0.139. The van der Waals surface area contributed by atoms with E-state index in [1.165, 1.54) is 0 Å². The number of piperidine rings is 1. The summed E-state index contributed by atoms with van der Waals surface area (Å²) < 4.78 is 0. The predicted octanol–water partition coefficient (Wildman–Crippen LogP) is 1.41. The molecule has 2 aromatic rings. The predicted molar refractivity (Wildman–Crippen MR) is 109 cm³/mol. The Bertz CT molecular complexity index is 818. The molecule has 0 aliphatic carbocycles. The molecular formula is C22H26N4O3. The summed E-state index contributed by atoms with van der Waals surface area (Å²) in [6.07, 6.45) is 5.49. The molecule has 7 heteroatoms. The largest absolute Gasteiger partial charge is 0.348 e. The van der Waals surface area contributed by atoms with Gasteiger partial charge in [0.1, 0.15) is 0 Å². The van der Waals surface area contributed by atoms with Gasteiger partial charge in [-0.1, -0.05) is 30.3 Å². The average Bonchev–Trinajstić information content (AvgIpc) is 2.78. The van der Waals surface area contributed by atoms with Crippen molar-refractivity contribution in [2.24, 2.45) is 5.92 Å². The van der Waals surface area contributed by atoms with E-state index in [2.05, 4.69) is 15.6 Å². The van der Waals surface area contributed by atoms with Crippen LogP contribution in [0.2, 0.25) is 0 Å². The molecule has 3 rings (SSSR count). The number of rotatable bonds is 6. The summed E-state index contributed by atoms with van der Waals surface area (Å²) in [6, 6.07) is 13.3. The highest BCUT2D eigenvalue weighted by atomic mass is 16.2. The van der Waals surface area contributed by atoms with Crippen LogP contribution in [0.25, 0.3) is 0 Å². The number of carbonyl (C=O) groups is 3. The van der Waals surface area contributed by atoms with Crippen molar-refractivity contribution in [3.8, 4) is 0 Å². The molecule has 1 aromatic carbocycles. The van der Waals surface area contributed by atoms with Crippen LogP contribution in [0.3, 0.4) is 0 Å². The van der Waals surface area contributed by atoms with Crippen molar-refractivity contribution in [3.05, 3.63) is 66.0 Å². The second-order valence-electron chi connectivity index (χ2n) is 7.18. The third kappa shape index (κ3) is 6.14. The van der Waals surface area contributed by atoms with E-state index in [9.17, 15) is 14.4 Å². The molecule has 0 radical (unpaired) electrons. The number of aromatic nitrogens is 1. The summed E-state index contributed by atoms with van der Waals surface area (Å²) in [7, 11) is 0. The molecule has 0 unspecified atom stereocenters. The quantitative estimate of drug-likeness (QED) is 0.725. The van der Waals surface area contributed by atoms with E-state index in [0.717, 1.165) is 18.4 Å². The Morgan fingerprint density at radius 2 is 1.69 bits per heavy atom. The van der Waals surface area contributed by atoms with Crippen LogP contribution in [0.5, 0.6) is 0 Å². The summed E-state index contributed by atoms with van der Waals surface area (Å²) in [6.45, 7) is 2.14. The molecule has 7 nitrogen and oxygen atoms in total. The van der Waals surface area contributed by atoms with Gasteiger partial charge in [0.15, 0.2) is 0 Å². The van der Waals surface area contributed by atoms with Gasteiger partial charge in [0.25, 0.3) is 5.91 Å². The van der Waals surface area contributed by atoms with E-state index >= 15 is 0 Å². The molecule has 0 saturated carbocycles. The van der Waals surface area contributed by atoms with Gasteiger partial charge in [0.05, 0.1) is 5.56 Å². The highest BCUT2D eigenvalue weighted by Gasteiger charge is 2.24. The summed E-state index contributed by atoms with van der Waals surface area (Å²) in [5.74, 6) is -0.968. The number of nitrogens with one attached hydrogen (secondary N) is 2. The molecule has 1 aliphatic heterocycles. The lowest BCUT2D eigenvalue weighted by atomic mass is 9.96. The lowest BCUT2D eigenvalue weighted by Crippen LogP contribution is -2.45. The van der Waals surface area contributed by atoms with Gasteiger partial charge in [-0.15, -0.1) is 0 Å². The second kappa shape index (κ2) is 10.4. The second-order valence-corrected chi connectivity index (χ2v) is 7.18. The van der Waals surface area contributed by atoms with Crippen LogP contribution in [-0.4, -0.2) is 53.8 Å². The van der Waals surface area contributed by atoms with Crippen molar-refractivity contribution < 1.29 is 14.4 Å². The zero-order valence-electron chi connectivity index (χ0n) is 16.3. The number of pyridine rings is 1. The molecule has 0 spiro atoms. The van der Waals surface area contributed by atoms with Gasteiger partial charge in [0, 0.05) is 38.6 Å². The molecule has 1 saturated heterocycles. The third-order valence-corrected chi connectivity index (χ3v) is 5.11. The molecule has 1 aromatic heterocycles. The van der Waals surface area contributed by atoms with Gasteiger partial charge in [0.2, 0.25) is 0 Å². The first kappa shape index (κ1) is 20.5. The number of hydrogen-bond acceptors (Lipinski definition) is 4. The van der Waals surface area contributed by atoms with E-state index in [-0.39, 0.29) is 11.8 Å². The maximum absolute atomic E-state index is 12.4. The van der Waals surface area contributed by atoms with Crippen LogP contribution in [0.15, 0.2) is 54.9 Å². The normalized spacial score (nSPS) is 14.3. The Labute approximate surface area is 170 Å². The zero-order valence-corrected chi connectivity index (χ0v) is 16.3. The highest BCUT2D eigenvalue weighted by Crippen LogP contribution is 2.18. The monoisotopic (exact) mass is 394 g/mol. The van der Waals surface area contributed by atoms with Crippen LogP contribution >= 0.6 is 0 Å². The van der Waals surface area contributed by atoms with Crippen LogP contribution < -0.4 is 10.6 Å². The van der Waals surface area contributed by atoms with Gasteiger partial charge in [-0.25, -0.2) is 0 Å². The molecule has 1 aliphatic rings. The van der Waals surface area contributed by atoms with Crippen molar-refractivity contribution in [1.82, 2.24) is 20.5 Å². The van der Waals surface area contributed by atoms with E-state index < -0.39 is 11.8 Å². The summed E-state index contributed by atoms with van der Waals surface area (Å²) in [5.41, 5.74) is 1.70. The zero-order chi connectivity index (χ0) is 20.5. The Morgan fingerprint density at radius 1 is 0.966 bits per heavy atom. The summed E-state index contributed by atoms with van der Waals surface area (Å²) in [4.78, 5) is 42.1. The molecule has 0 atom stereocenters. The van der Waals surface area contributed by atoms with E-state index in [4.69, 9.17) is 0 Å². The van der Waals surface area contributed by atoms with E-state index in [0.29, 0.717) is 38.2 Å². The number of nitrogens with zero attached hydrogens (tertiary/aromatic N) is 2. The first-order valence-electron chi connectivity index (χ1n) is 9.92. The minimum absolute atomic E-state index is 0.0154. The van der Waals surface area contributed by atoms with Crippen LogP contribution in [0.1, 0.15) is 28.8 Å². The minimum Gasteiger partial charge on any atom is -0.348 e. The summed E-state index contributed by atoms with van der Waals surface area (Å²) in [5, 5.41) is 5.36. The van der Waals surface area contributed by atoms with Crippen LogP contribution in [0.4, 0.5) is 0 Å². The molecule has 2 heterocycles. The Balaban J connectivity index is 1.33. The highest BCUT2D eigenvalue weighted by molar-refractivity contribution is 6.35. The van der Waals surface area contributed by atoms with E-state index in [1.807, 2.05) is 35.2 Å². The van der Waals surface area contributed by atoms with Gasteiger partial charge in [-0.2, -0.15) is 0 Å². The fraction of sp³-hybridized carbons (Fsp3) is 0.364.